The molecular weight excluding hydrogens is 374 g/mol. The third-order valence-electron chi connectivity index (χ3n) is 4.55. The first-order valence-corrected chi connectivity index (χ1v) is 8.77. The Morgan fingerprint density at radius 1 is 1.07 bits per heavy atom. The Bertz CT molecular complexity index is 634. The molecule has 1 fully saturated rings. The van der Waals surface area contributed by atoms with Gasteiger partial charge in [0.1, 0.15) is 0 Å². The van der Waals surface area contributed by atoms with Crippen molar-refractivity contribution in [1.82, 2.24) is 0 Å². The zero-order valence-electron chi connectivity index (χ0n) is 14.9. The van der Waals surface area contributed by atoms with Gasteiger partial charge in [-0.15, -0.1) is 13.2 Å². The maximum absolute atomic E-state index is 14.0. The van der Waals surface area contributed by atoms with E-state index in [2.05, 4.69) is 15.5 Å². The van der Waals surface area contributed by atoms with E-state index in [9.17, 15) is 26.3 Å². The Hall–Kier alpha value is -1.70. The summed E-state index contributed by atoms with van der Waals surface area (Å²) in [4.78, 5) is 0. The minimum absolute atomic E-state index is 0.00140. The van der Waals surface area contributed by atoms with Crippen molar-refractivity contribution in [3.05, 3.63) is 41.7 Å². The van der Waals surface area contributed by atoms with E-state index in [1.54, 1.807) is 0 Å². The van der Waals surface area contributed by atoms with E-state index in [-0.39, 0.29) is 11.5 Å². The van der Waals surface area contributed by atoms with E-state index in [1.807, 2.05) is 13.0 Å². The second-order valence-corrected chi connectivity index (χ2v) is 6.75. The highest BCUT2D eigenvalue weighted by Gasteiger charge is 2.35. The fourth-order valence-corrected chi connectivity index (χ4v) is 3.28. The van der Waals surface area contributed by atoms with Crippen molar-refractivity contribution in [1.29, 1.82) is 0 Å². The van der Waals surface area contributed by atoms with Crippen LogP contribution in [0.3, 0.4) is 0 Å². The van der Waals surface area contributed by atoms with Crippen LogP contribution in [0.1, 0.15) is 44.6 Å². The van der Waals surface area contributed by atoms with E-state index in [0.717, 1.165) is 25.0 Å². The number of halogens is 6. The van der Waals surface area contributed by atoms with Gasteiger partial charge >= 0.3 is 12.5 Å². The lowest BCUT2D eigenvalue weighted by molar-refractivity contribution is -0.275. The van der Waals surface area contributed by atoms with Gasteiger partial charge in [0.25, 0.3) is 0 Å². The molecule has 0 aromatic heterocycles. The van der Waals surface area contributed by atoms with E-state index in [0.29, 0.717) is 24.8 Å². The van der Waals surface area contributed by atoms with E-state index in [1.165, 1.54) is 0 Å². The molecule has 0 bridgehead atoms. The maximum atomic E-state index is 14.0. The molecule has 1 saturated carbocycles. The molecule has 1 aromatic rings. The molecule has 2 rings (SSSR count). The van der Waals surface area contributed by atoms with Crippen LogP contribution in [0.5, 0.6) is 5.75 Å². The van der Waals surface area contributed by atoms with Gasteiger partial charge in [-0.2, -0.15) is 8.78 Å². The molecule has 1 aromatic carbocycles. The summed E-state index contributed by atoms with van der Waals surface area (Å²) >= 11 is 0. The second kappa shape index (κ2) is 8.99. The molecule has 0 unspecified atom stereocenters. The van der Waals surface area contributed by atoms with Crippen molar-refractivity contribution in [3.63, 3.8) is 0 Å². The van der Waals surface area contributed by atoms with Crippen molar-refractivity contribution in [2.45, 2.75) is 58.1 Å². The van der Waals surface area contributed by atoms with Crippen LogP contribution in [0.4, 0.5) is 26.3 Å². The average molecular weight is 396 g/mol. The molecule has 0 spiro atoms. The van der Waals surface area contributed by atoms with Gasteiger partial charge in [-0.05, 0) is 62.1 Å². The van der Waals surface area contributed by atoms with E-state index in [4.69, 9.17) is 0 Å². The van der Waals surface area contributed by atoms with Crippen LogP contribution in [0, 0.1) is 17.7 Å². The standard InChI is InChI=1S/C19H22F6O2/c1-2-3-13-4-6-14(7-5-13)11-18(21,22)26-12-15-8-9-17(16(20)10-15)27-19(23,24)25/h2-3,8-10,13-14H,4-7,11-12H2,1H3/b3-2+. The van der Waals surface area contributed by atoms with E-state index >= 15 is 0 Å². The van der Waals surface area contributed by atoms with Crippen LogP contribution in [0.2, 0.25) is 0 Å². The molecule has 0 heterocycles. The summed E-state index contributed by atoms with van der Waals surface area (Å²) in [7, 11) is 0. The molecule has 1 aliphatic rings. The lowest BCUT2D eigenvalue weighted by atomic mass is 9.80. The molecule has 8 heteroatoms. The van der Waals surface area contributed by atoms with Crippen molar-refractivity contribution in [3.8, 4) is 5.75 Å². The zero-order chi connectivity index (χ0) is 20.1. The van der Waals surface area contributed by atoms with Crippen LogP contribution in [-0.4, -0.2) is 12.5 Å². The number of allylic oxidation sites excluding steroid dienone is 2. The van der Waals surface area contributed by atoms with Crippen LogP contribution in [-0.2, 0) is 11.3 Å². The van der Waals surface area contributed by atoms with Gasteiger partial charge in [-0.3, -0.25) is 0 Å². The van der Waals surface area contributed by atoms with Crippen molar-refractivity contribution in [2.24, 2.45) is 11.8 Å². The third kappa shape index (κ3) is 7.44. The molecule has 152 valence electrons. The topological polar surface area (TPSA) is 18.5 Å². The molecule has 0 radical (unpaired) electrons. The van der Waals surface area contributed by atoms with E-state index < -0.39 is 37.1 Å². The Labute approximate surface area is 154 Å². The van der Waals surface area contributed by atoms with Gasteiger partial charge in [0.2, 0.25) is 0 Å². The van der Waals surface area contributed by atoms with Gasteiger partial charge < -0.3 is 9.47 Å². The highest BCUT2D eigenvalue weighted by Crippen LogP contribution is 2.37. The van der Waals surface area contributed by atoms with Crippen LogP contribution in [0.25, 0.3) is 0 Å². The molecule has 0 amide bonds. The first-order valence-electron chi connectivity index (χ1n) is 8.77. The smallest absolute Gasteiger partial charge is 0.403 e. The second-order valence-electron chi connectivity index (χ2n) is 6.75. The molecule has 1 aliphatic carbocycles. The lowest BCUT2D eigenvalue weighted by Crippen LogP contribution is -2.27. The Balaban J connectivity index is 1.85. The van der Waals surface area contributed by atoms with Crippen molar-refractivity contribution < 1.29 is 35.8 Å². The molecule has 27 heavy (non-hydrogen) atoms. The summed E-state index contributed by atoms with van der Waals surface area (Å²) in [6.07, 6.45) is -1.69. The molecule has 0 aliphatic heterocycles. The third-order valence-corrected chi connectivity index (χ3v) is 4.55. The van der Waals surface area contributed by atoms with Crippen LogP contribution in [0.15, 0.2) is 30.4 Å². The monoisotopic (exact) mass is 396 g/mol. The Morgan fingerprint density at radius 3 is 2.30 bits per heavy atom. The Kier molecular flexibility index (Phi) is 7.19. The maximum Gasteiger partial charge on any atom is 0.573 e. The molecule has 0 N–H and O–H groups in total. The van der Waals surface area contributed by atoms with Gasteiger partial charge in [0.05, 0.1) is 6.61 Å². The predicted molar refractivity (Wildman–Crippen MR) is 87.7 cm³/mol. The lowest BCUT2D eigenvalue weighted by Gasteiger charge is -2.29. The van der Waals surface area contributed by atoms with Gasteiger partial charge in [0.15, 0.2) is 11.6 Å². The minimum Gasteiger partial charge on any atom is -0.403 e. The predicted octanol–water partition coefficient (Wildman–Crippen LogP) is 6.61. The van der Waals surface area contributed by atoms with Crippen LogP contribution < -0.4 is 4.74 Å². The number of benzene rings is 1. The summed E-state index contributed by atoms with van der Waals surface area (Å²) < 4.78 is 86.1. The zero-order valence-corrected chi connectivity index (χ0v) is 14.9. The summed E-state index contributed by atoms with van der Waals surface area (Å²) in [5.41, 5.74) is -0.00140. The molecule has 0 atom stereocenters. The number of hydrogen-bond acceptors (Lipinski definition) is 2. The number of hydrogen-bond donors (Lipinski definition) is 0. The fourth-order valence-electron chi connectivity index (χ4n) is 3.28. The highest BCUT2D eigenvalue weighted by molar-refractivity contribution is 5.29. The summed E-state index contributed by atoms with van der Waals surface area (Å²) in [6.45, 7) is 1.32. The first-order chi connectivity index (χ1) is 12.6. The number of ether oxygens (including phenoxy) is 2. The van der Waals surface area contributed by atoms with Crippen molar-refractivity contribution >= 4 is 0 Å². The summed E-state index contributed by atoms with van der Waals surface area (Å²) in [5, 5.41) is 0. The van der Waals surface area contributed by atoms with Gasteiger partial charge in [-0.1, -0.05) is 18.2 Å². The number of alkyl halides is 5. The largest absolute Gasteiger partial charge is 0.573 e. The number of rotatable bonds is 7. The Morgan fingerprint density at radius 2 is 1.74 bits per heavy atom. The highest BCUT2D eigenvalue weighted by atomic mass is 19.4. The SMILES string of the molecule is C/C=C/C1CCC(CC(F)(F)OCc2ccc(OC(F)(F)F)c(F)c2)CC1. The molecule has 0 saturated heterocycles. The van der Waals surface area contributed by atoms with Crippen LogP contribution >= 0.6 is 0 Å². The average Bonchev–Trinajstić information content (AvgIpc) is 2.56. The minimum atomic E-state index is -5.03. The quantitative estimate of drug-likeness (QED) is 0.382. The summed E-state index contributed by atoms with van der Waals surface area (Å²) in [5.74, 6) is -2.03. The normalized spacial score (nSPS) is 21.6. The van der Waals surface area contributed by atoms with Gasteiger partial charge in [0, 0.05) is 6.42 Å². The summed E-state index contributed by atoms with van der Waals surface area (Å²) in [6, 6.07) is 2.49. The first kappa shape index (κ1) is 21.6. The molecule has 2 nitrogen and oxygen atoms in total. The fraction of sp³-hybridized carbons (Fsp3) is 0.579. The van der Waals surface area contributed by atoms with Gasteiger partial charge in [-0.25, -0.2) is 4.39 Å². The molecular formula is C19H22F6O2. The van der Waals surface area contributed by atoms with Crippen molar-refractivity contribution in [2.75, 3.05) is 0 Å².